The first-order valence-electron chi connectivity index (χ1n) is 6.06. The molecule has 3 aliphatic rings. The van der Waals surface area contributed by atoms with E-state index in [0.717, 1.165) is 5.92 Å². The normalized spacial score (nSPS) is 32.7. The number of anilines is 1. The first-order valence-corrected chi connectivity index (χ1v) is 7.13. The van der Waals surface area contributed by atoms with Gasteiger partial charge in [0.2, 0.25) is 0 Å². The van der Waals surface area contributed by atoms with Gasteiger partial charge >= 0.3 is 0 Å². The average molecular weight is 328 g/mol. The number of piperidine rings is 3. The van der Waals surface area contributed by atoms with Crippen LogP contribution < -0.4 is 5.32 Å². The molecule has 2 nitrogen and oxygen atoms in total. The Labute approximate surface area is 111 Å². The maximum absolute atomic E-state index is 3.71. The number of halogens is 1. The molecule has 3 heteroatoms. The van der Waals surface area contributed by atoms with Crippen molar-refractivity contribution in [3.8, 4) is 0 Å². The minimum Gasteiger partial charge on any atom is -0.381 e. The summed E-state index contributed by atoms with van der Waals surface area (Å²) < 4.78 is 1.31. The van der Waals surface area contributed by atoms with Gasteiger partial charge in [-0.2, -0.15) is 0 Å². The molecule has 86 valence electrons. The molecule has 3 heterocycles. The maximum atomic E-state index is 3.71. The van der Waals surface area contributed by atoms with Crippen LogP contribution >= 0.6 is 22.6 Å². The molecule has 0 aliphatic carbocycles. The van der Waals surface area contributed by atoms with Crippen molar-refractivity contribution in [2.24, 2.45) is 5.92 Å². The Morgan fingerprint density at radius 1 is 1.25 bits per heavy atom. The van der Waals surface area contributed by atoms with E-state index in [9.17, 15) is 0 Å². The smallest absolute Gasteiger partial charge is 0.0417 e. The van der Waals surface area contributed by atoms with Gasteiger partial charge in [-0.15, -0.1) is 0 Å². The SMILES string of the molecule is Ic1cccc(NC2CN3CCC2CC3)c1. The second kappa shape index (κ2) is 4.53. The monoisotopic (exact) mass is 328 g/mol. The van der Waals surface area contributed by atoms with E-state index in [1.807, 2.05) is 0 Å². The molecule has 3 aliphatic heterocycles. The Kier molecular flexibility index (Phi) is 3.07. The molecular weight excluding hydrogens is 311 g/mol. The second-order valence-electron chi connectivity index (χ2n) is 4.90. The van der Waals surface area contributed by atoms with Gasteiger partial charge in [-0.1, -0.05) is 6.07 Å². The van der Waals surface area contributed by atoms with E-state index < -0.39 is 0 Å². The van der Waals surface area contributed by atoms with Crippen LogP contribution in [-0.4, -0.2) is 30.6 Å². The van der Waals surface area contributed by atoms with Crippen LogP contribution in [0, 0.1) is 9.49 Å². The van der Waals surface area contributed by atoms with Gasteiger partial charge in [-0.25, -0.2) is 0 Å². The molecule has 0 saturated carbocycles. The van der Waals surface area contributed by atoms with Crippen molar-refractivity contribution < 1.29 is 0 Å². The Hall–Kier alpha value is -0.290. The summed E-state index contributed by atoms with van der Waals surface area (Å²) in [6.45, 7) is 3.86. The number of nitrogens with zero attached hydrogens (tertiary/aromatic N) is 1. The first kappa shape index (κ1) is 10.8. The number of fused-ring (bicyclic) bond motifs is 3. The standard InChI is InChI=1S/C13H17IN2/c14-11-2-1-3-12(8-11)15-13-9-16-6-4-10(13)5-7-16/h1-3,8,10,13,15H,4-7,9H2. The lowest BCUT2D eigenvalue weighted by Crippen LogP contribution is -2.53. The van der Waals surface area contributed by atoms with Crippen LogP contribution in [0.15, 0.2) is 24.3 Å². The van der Waals surface area contributed by atoms with Crippen molar-refractivity contribution in [3.63, 3.8) is 0 Å². The van der Waals surface area contributed by atoms with Crippen molar-refractivity contribution >= 4 is 28.3 Å². The fourth-order valence-electron chi connectivity index (χ4n) is 2.92. The molecule has 16 heavy (non-hydrogen) atoms. The second-order valence-corrected chi connectivity index (χ2v) is 6.14. The van der Waals surface area contributed by atoms with E-state index in [-0.39, 0.29) is 0 Å². The number of nitrogens with one attached hydrogen (secondary N) is 1. The molecule has 0 spiro atoms. The Bertz CT molecular complexity index is 372. The van der Waals surface area contributed by atoms with Gasteiger partial charge in [0.25, 0.3) is 0 Å². The summed E-state index contributed by atoms with van der Waals surface area (Å²) in [6, 6.07) is 9.35. The van der Waals surface area contributed by atoms with Gasteiger partial charge < -0.3 is 10.2 Å². The molecule has 0 aromatic heterocycles. The van der Waals surface area contributed by atoms with Crippen molar-refractivity contribution in [1.82, 2.24) is 4.90 Å². The van der Waals surface area contributed by atoms with Gasteiger partial charge in [0.1, 0.15) is 0 Å². The van der Waals surface area contributed by atoms with E-state index in [4.69, 9.17) is 0 Å². The fourth-order valence-corrected chi connectivity index (χ4v) is 3.46. The van der Waals surface area contributed by atoms with Gasteiger partial charge in [0, 0.05) is 21.8 Å². The van der Waals surface area contributed by atoms with Crippen LogP contribution in [0.3, 0.4) is 0 Å². The molecule has 1 N–H and O–H groups in total. The zero-order valence-corrected chi connectivity index (χ0v) is 11.5. The zero-order valence-electron chi connectivity index (χ0n) is 9.32. The number of hydrogen-bond donors (Lipinski definition) is 1. The first-order chi connectivity index (χ1) is 7.81. The quantitative estimate of drug-likeness (QED) is 0.840. The Morgan fingerprint density at radius 3 is 2.69 bits per heavy atom. The predicted octanol–water partition coefficient (Wildman–Crippen LogP) is 2.80. The summed E-state index contributed by atoms with van der Waals surface area (Å²) in [5, 5.41) is 3.71. The third-order valence-electron chi connectivity index (χ3n) is 3.83. The fraction of sp³-hybridized carbons (Fsp3) is 0.538. The lowest BCUT2D eigenvalue weighted by molar-refractivity contribution is 0.0975. The highest BCUT2D eigenvalue weighted by Gasteiger charge is 2.33. The molecule has 1 atom stereocenters. The average Bonchev–Trinajstić information content (AvgIpc) is 2.30. The third kappa shape index (κ3) is 2.20. The van der Waals surface area contributed by atoms with Crippen LogP contribution in [-0.2, 0) is 0 Å². The molecule has 1 aromatic carbocycles. The summed E-state index contributed by atoms with van der Waals surface area (Å²) in [4.78, 5) is 2.59. The Balaban J connectivity index is 1.71. The minimum absolute atomic E-state index is 0.667. The predicted molar refractivity (Wildman–Crippen MR) is 75.7 cm³/mol. The number of rotatable bonds is 2. The van der Waals surface area contributed by atoms with E-state index in [2.05, 4.69) is 57.1 Å². The summed E-state index contributed by atoms with van der Waals surface area (Å²) in [5.74, 6) is 0.892. The zero-order chi connectivity index (χ0) is 11.0. The highest BCUT2D eigenvalue weighted by molar-refractivity contribution is 14.1. The van der Waals surface area contributed by atoms with Gasteiger partial charge in [-0.05, 0) is 72.6 Å². The lowest BCUT2D eigenvalue weighted by atomic mass is 9.84. The van der Waals surface area contributed by atoms with E-state index in [1.165, 1.54) is 41.7 Å². The van der Waals surface area contributed by atoms with E-state index in [0.29, 0.717) is 6.04 Å². The summed E-state index contributed by atoms with van der Waals surface area (Å²) in [5.41, 5.74) is 1.28. The highest BCUT2D eigenvalue weighted by Crippen LogP contribution is 2.29. The van der Waals surface area contributed by atoms with E-state index in [1.54, 1.807) is 0 Å². The molecule has 0 radical (unpaired) electrons. The van der Waals surface area contributed by atoms with Crippen molar-refractivity contribution in [1.29, 1.82) is 0 Å². The number of benzene rings is 1. The molecule has 2 bridgehead atoms. The summed E-state index contributed by atoms with van der Waals surface area (Å²) >= 11 is 2.37. The van der Waals surface area contributed by atoms with Crippen LogP contribution in [0.4, 0.5) is 5.69 Å². The van der Waals surface area contributed by atoms with E-state index >= 15 is 0 Å². The van der Waals surface area contributed by atoms with Crippen molar-refractivity contribution in [2.45, 2.75) is 18.9 Å². The molecule has 1 unspecified atom stereocenters. The van der Waals surface area contributed by atoms with Crippen LogP contribution in [0.25, 0.3) is 0 Å². The summed E-state index contributed by atoms with van der Waals surface area (Å²) in [6.07, 6.45) is 2.75. The largest absolute Gasteiger partial charge is 0.381 e. The van der Waals surface area contributed by atoms with Gasteiger partial charge in [0.05, 0.1) is 0 Å². The van der Waals surface area contributed by atoms with Gasteiger partial charge in [0.15, 0.2) is 0 Å². The summed E-state index contributed by atoms with van der Waals surface area (Å²) in [7, 11) is 0. The topological polar surface area (TPSA) is 15.3 Å². The minimum atomic E-state index is 0.667. The number of hydrogen-bond acceptors (Lipinski definition) is 2. The van der Waals surface area contributed by atoms with Gasteiger partial charge in [-0.3, -0.25) is 0 Å². The highest BCUT2D eigenvalue weighted by atomic mass is 127. The maximum Gasteiger partial charge on any atom is 0.0417 e. The molecule has 3 fully saturated rings. The van der Waals surface area contributed by atoms with Crippen molar-refractivity contribution in [3.05, 3.63) is 27.8 Å². The van der Waals surface area contributed by atoms with Crippen LogP contribution in [0.2, 0.25) is 0 Å². The van der Waals surface area contributed by atoms with Crippen LogP contribution in [0.5, 0.6) is 0 Å². The van der Waals surface area contributed by atoms with Crippen molar-refractivity contribution in [2.75, 3.05) is 25.0 Å². The van der Waals surface area contributed by atoms with Crippen LogP contribution in [0.1, 0.15) is 12.8 Å². The lowest BCUT2D eigenvalue weighted by Gasteiger charge is -2.45. The molecule has 3 saturated heterocycles. The third-order valence-corrected chi connectivity index (χ3v) is 4.50. The molecule has 1 aromatic rings. The molecular formula is C13H17IN2. The Morgan fingerprint density at radius 2 is 2.06 bits per heavy atom. The molecule has 4 rings (SSSR count). The molecule has 0 amide bonds.